The fourth-order valence-electron chi connectivity index (χ4n) is 2.45. The Labute approximate surface area is 102 Å². The van der Waals surface area contributed by atoms with Crippen LogP contribution in [0.5, 0.6) is 0 Å². The van der Waals surface area contributed by atoms with Crippen molar-refractivity contribution >= 4 is 17.9 Å². The highest BCUT2D eigenvalue weighted by Gasteiger charge is 2.31. The zero-order valence-corrected chi connectivity index (χ0v) is 10.6. The third-order valence-corrected chi connectivity index (χ3v) is 3.99. The molecule has 2 rings (SSSR count). The van der Waals surface area contributed by atoms with Crippen LogP contribution < -0.4 is 0 Å². The van der Waals surface area contributed by atoms with Gasteiger partial charge in [0.15, 0.2) is 0 Å². The monoisotopic (exact) mass is 236 g/mol. The fourth-order valence-corrected chi connectivity index (χ4v) is 2.65. The molecule has 0 amide bonds. The van der Waals surface area contributed by atoms with Gasteiger partial charge in [-0.1, -0.05) is 31.5 Å². The lowest BCUT2D eigenvalue weighted by Crippen LogP contribution is -2.30. The molecule has 0 spiro atoms. The van der Waals surface area contributed by atoms with Gasteiger partial charge in [-0.15, -0.1) is 0 Å². The summed E-state index contributed by atoms with van der Waals surface area (Å²) in [5, 5.41) is 0.812. The maximum absolute atomic E-state index is 11.1. The molecule has 1 aromatic rings. The van der Waals surface area contributed by atoms with Crippen LogP contribution in [0.15, 0.2) is 18.2 Å². The molecule has 1 aliphatic rings. The Morgan fingerprint density at radius 3 is 2.81 bits per heavy atom. The number of halogens is 1. The Bertz CT molecular complexity index is 409. The molecule has 1 aromatic carbocycles. The van der Waals surface area contributed by atoms with Crippen LogP contribution in [0.4, 0.5) is 0 Å². The number of fused-ring (bicyclic) bond motifs is 1. The Balaban J connectivity index is 2.24. The van der Waals surface area contributed by atoms with Crippen LogP contribution in [0, 0.1) is 11.3 Å². The summed E-state index contributed by atoms with van der Waals surface area (Å²) in [5.74, 6) is 0.457. The topological polar surface area (TPSA) is 17.1 Å². The van der Waals surface area contributed by atoms with Gasteiger partial charge in [-0.05, 0) is 48.4 Å². The van der Waals surface area contributed by atoms with Crippen molar-refractivity contribution in [2.45, 2.75) is 33.1 Å². The minimum atomic E-state index is -0.211. The number of benzene rings is 1. The molecule has 1 aliphatic carbocycles. The van der Waals surface area contributed by atoms with Crippen LogP contribution in [-0.4, -0.2) is 6.29 Å². The Morgan fingerprint density at radius 2 is 2.12 bits per heavy atom. The van der Waals surface area contributed by atoms with E-state index in [1.165, 1.54) is 11.1 Å². The summed E-state index contributed by atoms with van der Waals surface area (Å²) in [6.07, 6.45) is 4.22. The summed E-state index contributed by atoms with van der Waals surface area (Å²) in [6, 6.07) is 6.10. The third kappa shape index (κ3) is 2.15. The van der Waals surface area contributed by atoms with E-state index in [9.17, 15) is 4.79 Å². The van der Waals surface area contributed by atoms with Gasteiger partial charge in [-0.25, -0.2) is 0 Å². The SMILES string of the molecule is CC(C)(C=O)C1CCc2cc(Cl)ccc2C1. The van der Waals surface area contributed by atoms with Crippen molar-refractivity contribution in [3.05, 3.63) is 34.3 Å². The van der Waals surface area contributed by atoms with Gasteiger partial charge in [0.1, 0.15) is 6.29 Å². The first kappa shape index (κ1) is 11.7. The second-order valence-electron chi connectivity index (χ2n) is 5.29. The van der Waals surface area contributed by atoms with Crippen LogP contribution in [0.3, 0.4) is 0 Å². The average Bonchev–Trinajstić information content (AvgIpc) is 2.28. The highest BCUT2D eigenvalue weighted by Crippen LogP contribution is 2.36. The number of carbonyl (C=O) groups excluding carboxylic acids is 1. The maximum atomic E-state index is 11.1. The summed E-state index contributed by atoms with van der Waals surface area (Å²) < 4.78 is 0. The van der Waals surface area contributed by atoms with Crippen molar-refractivity contribution in [1.29, 1.82) is 0 Å². The average molecular weight is 237 g/mol. The predicted molar refractivity (Wildman–Crippen MR) is 66.8 cm³/mol. The van der Waals surface area contributed by atoms with Crippen LogP contribution in [0.2, 0.25) is 5.02 Å². The zero-order valence-electron chi connectivity index (χ0n) is 9.79. The summed E-state index contributed by atoms with van der Waals surface area (Å²) >= 11 is 5.97. The molecular formula is C14H17ClO. The van der Waals surface area contributed by atoms with Gasteiger partial charge in [0.25, 0.3) is 0 Å². The Morgan fingerprint density at radius 1 is 1.38 bits per heavy atom. The summed E-state index contributed by atoms with van der Waals surface area (Å²) in [5.41, 5.74) is 2.50. The normalized spacial score (nSPS) is 20.3. The minimum Gasteiger partial charge on any atom is -0.303 e. The minimum absolute atomic E-state index is 0.211. The van der Waals surface area contributed by atoms with Crippen molar-refractivity contribution < 1.29 is 4.79 Å². The molecule has 0 saturated heterocycles. The number of hydrogen-bond donors (Lipinski definition) is 0. The molecular weight excluding hydrogens is 220 g/mol. The number of carbonyl (C=O) groups is 1. The van der Waals surface area contributed by atoms with E-state index in [0.717, 1.165) is 30.6 Å². The van der Waals surface area contributed by atoms with Gasteiger partial charge in [0.05, 0.1) is 0 Å². The lowest BCUT2D eigenvalue weighted by Gasteiger charge is -2.33. The predicted octanol–water partition coefficient (Wildman–Crippen LogP) is 3.67. The van der Waals surface area contributed by atoms with E-state index >= 15 is 0 Å². The summed E-state index contributed by atoms with van der Waals surface area (Å²) in [7, 11) is 0. The van der Waals surface area contributed by atoms with Crippen LogP contribution >= 0.6 is 11.6 Å². The number of aldehydes is 1. The van der Waals surface area contributed by atoms with Gasteiger partial charge >= 0.3 is 0 Å². The molecule has 0 bridgehead atoms. The molecule has 1 unspecified atom stereocenters. The largest absolute Gasteiger partial charge is 0.303 e. The standard InChI is InChI=1S/C14H17ClO/c1-14(2,9-16)12-5-3-11-8-13(15)6-4-10(11)7-12/h4,6,8-9,12H,3,5,7H2,1-2H3. The van der Waals surface area contributed by atoms with Gasteiger partial charge in [0.2, 0.25) is 0 Å². The molecule has 0 fully saturated rings. The van der Waals surface area contributed by atoms with Crippen LogP contribution in [0.25, 0.3) is 0 Å². The smallest absolute Gasteiger partial charge is 0.125 e. The lowest BCUT2D eigenvalue weighted by atomic mass is 9.70. The molecule has 1 atom stereocenters. The molecule has 0 aromatic heterocycles. The number of aryl methyl sites for hydroxylation is 1. The molecule has 0 aliphatic heterocycles. The first-order valence-corrected chi connectivity index (χ1v) is 6.14. The van der Waals surface area contributed by atoms with E-state index in [1.54, 1.807) is 0 Å². The van der Waals surface area contributed by atoms with E-state index in [0.29, 0.717) is 5.92 Å². The second kappa shape index (κ2) is 4.21. The van der Waals surface area contributed by atoms with Crippen molar-refractivity contribution in [3.8, 4) is 0 Å². The number of hydrogen-bond acceptors (Lipinski definition) is 1. The van der Waals surface area contributed by atoms with E-state index in [2.05, 4.69) is 12.1 Å². The van der Waals surface area contributed by atoms with Gasteiger partial charge in [-0.2, -0.15) is 0 Å². The molecule has 0 heterocycles. The molecule has 0 radical (unpaired) electrons. The first-order valence-electron chi connectivity index (χ1n) is 5.76. The van der Waals surface area contributed by atoms with Crippen molar-refractivity contribution in [2.75, 3.05) is 0 Å². The molecule has 1 nitrogen and oxygen atoms in total. The number of rotatable bonds is 2. The fraction of sp³-hybridized carbons (Fsp3) is 0.500. The highest BCUT2D eigenvalue weighted by molar-refractivity contribution is 6.30. The van der Waals surface area contributed by atoms with Gasteiger partial charge in [-0.3, -0.25) is 0 Å². The van der Waals surface area contributed by atoms with E-state index in [4.69, 9.17) is 11.6 Å². The summed E-state index contributed by atoms with van der Waals surface area (Å²) in [6.45, 7) is 4.07. The first-order chi connectivity index (χ1) is 7.53. The van der Waals surface area contributed by atoms with Crippen LogP contribution in [-0.2, 0) is 17.6 Å². The van der Waals surface area contributed by atoms with Crippen LogP contribution in [0.1, 0.15) is 31.4 Å². The second-order valence-corrected chi connectivity index (χ2v) is 5.73. The Hall–Kier alpha value is -0.820. The molecule has 0 N–H and O–H groups in total. The molecule has 2 heteroatoms. The highest BCUT2D eigenvalue weighted by atomic mass is 35.5. The van der Waals surface area contributed by atoms with Gasteiger partial charge in [0, 0.05) is 10.4 Å². The molecule has 0 saturated carbocycles. The van der Waals surface area contributed by atoms with E-state index in [1.807, 2.05) is 19.9 Å². The van der Waals surface area contributed by atoms with E-state index in [-0.39, 0.29) is 5.41 Å². The van der Waals surface area contributed by atoms with Crippen molar-refractivity contribution in [1.82, 2.24) is 0 Å². The maximum Gasteiger partial charge on any atom is 0.125 e. The Kier molecular flexibility index (Phi) is 3.07. The molecule has 16 heavy (non-hydrogen) atoms. The zero-order chi connectivity index (χ0) is 11.8. The third-order valence-electron chi connectivity index (χ3n) is 3.75. The van der Waals surface area contributed by atoms with Crippen molar-refractivity contribution in [3.63, 3.8) is 0 Å². The van der Waals surface area contributed by atoms with E-state index < -0.39 is 0 Å². The van der Waals surface area contributed by atoms with Gasteiger partial charge < -0.3 is 4.79 Å². The lowest BCUT2D eigenvalue weighted by molar-refractivity contribution is -0.117. The summed E-state index contributed by atoms with van der Waals surface area (Å²) in [4.78, 5) is 11.1. The molecule has 86 valence electrons. The quantitative estimate of drug-likeness (QED) is 0.716. The van der Waals surface area contributed by atoms with Crippen molar-refractivity contribution in [2.24, 2.45) is 11.3 Å².